The molecule has 3 aromatic rings. The molecule has 126 valence electrons. The monoisotopic (exact) mass is 360 g/mol. The quantitative estimate of drug-likeness (QED) is 0.701. The zero-order valence-electron chi connectivity index (χ0n) is 26.0. The third-order valence-electron chi connectivity index (χ3n) is 2.80. The van der Waals surface area contributed by atoms with E-state index in [4.69, 9.17) is 23.9 Å². The van der Waals surface area contributed by atoms with E-state index in [9.17, 15) is 4.55 Å². The normalized spacial score (nSPS) is 23.1. The van der Waals surface area contributed by atoms with Crippen LogP contribution in [0.25, 0.3) is 11.2 Å². The molecule has 1 atom stereocenters. The first-order chi connectivity index (χ1) is 17.1. The highest BCUT2D eigenvalue weighted by Gasteiger charge is 2.21. The van der Waals surface area contributed by atoms with Crippen LogP contribution in [-0.4, -0.2) is 38.6 Å². The summed E-state index contributed by atoms with van der Waals surface area (Å²) in [5.41, 5.74) is -6.99. The maximum Gasteiger partial charge on any atom is 0.323 e. The van der Waals surface area contributed by atoms with Crippen LogP contribution in [-0.2, 0) is 16.9 Å². The van der Waals surface area contributed by atoms with Gasteiger partial charge in [0.05, 0.1) is 36.3 Å². The average molecular weight is 360 g/mol. The lowest BCUT2D eigenvalue weighted by Crippen LogP contribution is -2.10. The summed E-state index contributed by atoms with van der Waals surface area (Å²) in [6.45, 7) is -6.29. The molecular weight excluding hydrogens is 328 g/mol. The van der Waals surface area contributed by atoms with Gasteiger partial charge in [0.2, 0.25) is 5.88 Å². The van der Waals surface area contributed by atoms with Gasteiger partial charge in [-0.2, -0.15) is 9.97 Å². The standard InChI is InChI=1S/C16H18N4O3S/c1-9-7-17-12(10(2)14(9)23-4)8-24(21)16-18-11-5-6-13(22-3)19-15(11)20-16/h5-7H,8H2,1-4H3,(H,18,19,20)/i1D3,2D3,3D3,5D,6D,7D,8D2. The van der Waals surface area contributed by atoms with Crippen LogP contribution in [0.2, 0.25) is 0 Å². The maximum atomic E-state index is 13.4. The molecule has 0 aliphatic carbocycles. The van der Waals surface area contributed by atoms with Gasteiger partial charge in [0.1, 0.15) is 5.75 Å². The number of H-pyrrole nitrogens is 1. The molecule has 0 fully saturated rings. The fraction of sp³-hybridized carbons (Fsp3) is 0.312. The first-order valence-electron chi connectivity index (χ1n) is 13.2. The molecule has 0 spiro atoms. The van der Waals surface area contributed by atoms with E-state index in [0.29, 0.717) is 0 Å². The number of nitrogens with zero attached hydrogens (tertiary/aromatic N) is 3. The van der Waals surface area contributed by atoms with Crippen molar-refractivity contribution in [1.82, 2.24) is 19.9 Å². The van der Waals surface area contributed by atoms with Crippen LogP contribution in [0.15, 0.2) is 23.4 Å². The summed E-state index contributed by atoms with van der Waals surface area (Å²) in [5, 5.41) is -0.708. The molecule has 0 bridgehead atoms. The van der Waals surface area contributed by atoms with E-state index < -0.39 is 95.1 Å². The SMILES string of the molecule is [2H]c1nc(C([2H])([2H])[S+]([O-])c2nc3nc(OC([2H])([2H])[2H])c([2H])c([2H])c3[nH]2)c(C([2H])([2H])[2H])c(OC)c1C([2H])([2H])[2H]. The minimum Gasteiger partial charge on any atom is -0.609 e. The number of hydrogen-bond donors (Lipinski definition) is 1. The van der Waals surface area contributed by atoms with Crippen LogP contribution in [0.4, 0.5) is 0 Å². The van der Waals surface area contributed by atoms with E-state index in [1.807, 2.05) is 0 Å². The van der Waals surface area contributed by atoms with Crippen LogP contribution < -0.4 is 9.47 Å². The molecule has 3 heterocycles. The van der Waals surface area contributed by atoms with Crippen LogP contribution >= 0.6 is 0 Å². The van der Waals surface area contributed by atoms with Crippen molar-refractivity contribution in [2.45, 2.75) is 24.6 Å². The highest BCUT2D eigenvalue weighted by molar-refractivity contribution is 7.90. The summed E-state index contributed by atoms with van der Waals surface area (Å²) in [4.78, 5) is 13.4. The zero-order chi connectivity index (χ0) is 29.2. The summed E-state index contributed by atoms with van der Waals surface area (Å²) >= 11 is -2.97. The minimum absolute atomic E-state index is 0.326. The molecule has 0 aliphatic rings. The number of hydrogen-bond acceptors (Lipinski definition) is 6. The van der Waals surface area contributed by atoms with Crippen molar-refractivity contribution in [3.05, 3.63) is 35.1 Å². The average Bonchev–Trinajstić information content (AvgIpc) is 3.17. The molecular formula is C16H18N4O3S. The third-order valence-corrected chi connectivity index (χ3v) is 3.72. The minimum atomic E-state index is -3.24. The van der Waals surface area contributed by atoms with Gasteiger partial charge in [-0.05, 0) is 19.7 Å². The summed E-state index contributed by atoms with van der Waals surface area (Å²) in [7, 11) is -2.10. The third kappa shape index (κ3) is 3.02. The summed E-state index contributed by atoms with van der Waals surface area (Å²) in [6, 6.07) is -1.42. The predicted octanol–water partition coefficient (Wildman–Crippen LogP) is 2.29. The maximum absolute atomic E-state index is 13.4. The first-order valence-corrected chi connectivity index (χ1v) is 7.34. The Labute approximate surface area is 162 Å². The van der Waals surface area contributed by atoms with Crippen LogP contribution in [0.5, 0.6) is 11.6 Å². The van der Waals surface area contributed by atoms with E-state index >= 15 is 0 Å². The van der Waals surface area contributed by atoms with Crippen LogP contribution in [0.1, 0.15) is 36.0 Å². The lowest BCUT2D eigenvalue weighted by molar-refractivity contribution is 0.399. The summed E-state index contributed by atoms with van der Waals surface area (Å²) < 4.78 is 132. The number of ether oxygens (including phenoxy) is 2. The van der Waals surface area contributed by atoms with Crippen molar-refractivity contribution in [3.8, 4) is 11.6 Å². The van der Waals surface area contributed by atoms with Crippen LogP contribution in [0, 0.1) is 13.7 Å². The number of methoxy groups -OCH3 is 2. The zero-order valence-corrected chi connectivity index (χ0v) is 12.8. The lowest BCUT2D eigenvalue weighted by atomic mass is 10.1. The molecule has 0 amide bonds. The second-order valence-electron chi connectivity index (χ2n) is 4.24. The van der Waals surface area contributed by atoms with Gasteiger partial charge in [0.25, 0.3) is 0 Å². The molecule has 1 N–H and O–H groups in total. The van der Waals surface area contributed by atoms with Gasteiger partial charge >= 0.3 is 5.16 Å². The predicted molar refractivity (Wildman–Crippen MR) is 90.8 cm³/mol. The number of aromatic nitrogens is 4. The van der Waals surface area contributed by atoms with Gasteiger partial charge in [-0.1, -0.05) is 0 Å². The second kappa shape index (κ2) is 6.66. The summed E-state index contributed by atoms with van der Waals surface area (Å²) in [5.74, 6) is -1.63. The topological polar surface area (TPSA) is 96.0 Å². The van der Waals surface area contributed by atoms with Crippen molar-refractivity contribution < 1.29 is 33.2 Å². The molecule has 0 aliphatic heterocycles. The molecule has 8 heteroatoms. The highest BCUT2D eigenvalue weighted by Crippen LogP contribution is 2.26. The fourth-order valence-electron chi connectivity index (χ4n) is 1.75. The Hall–Kier alpha value is -2.32. The van der Waals surface area contributed by atoms with Crippen molar-refractivity contribution in [1.29, 1.82) is 0 Å². The Morgan fingerprint density at radius 2 is 2.29 bits per heavy atom. The largest absolute Gasteiger partial charge is 0.609 e. The highest BCUT2D eigenvalue weighted by atomic mass is 32.2. The van der Waals surface area contributed by atoms with E-state index in [-0.39, 0.29) is 5.52 Å². The Morgan fingerprint density at radius 1 is 1.38 bits per heavy atom. The molecule has 3 aromatic heterocycles. The Kier molecular flexibility index (Phi) is 1.81. The number of rotatable bonds is 5. The van der Waals surface area contributed by atoms with E-state index in [0.717, 1.165) is 7.11 Å². The second-order valence-corrected chi connectivity index (χ2v) is 5.36. The molecule has 3 rings (SSSR count). The first kappa shape index (κ1) is 6.53. The van der Waals surface area contributed by atoms with Gasteiger partial charge in [-0.25, -0.2) is 0 Å². The van der Waals surface area contributed by atoms with Crippen molar-refractivity contribution in [2.24, 2.45) is 0 Å². The van der Waals surface area contributed by atoms with Gasteiger partial charge in [0.15, 0.2) is 11.4 Å². The number of imidazole rings is 1. The number of nitrogens with one attached hydrogen (secondary N) is 1. The van der Waals surface area contributed by atoms with Crippen molar-refractivity contribution in [2.75, 3.05) is 14.1 Å². The number of aromatic amines is 1. The van der Waals surface area contributed by atoms with E-state index in [2.05, 4.69) is 24.7 Å². The van der Waals surface area contributed by atoms with E-state index in [1.165, 1.54) is 0 Å². The summed E-state index contributed by atoms with van der Waals surface area (Å²) in [6.07, 6.45) is -1.03. The van der Waals surface area contributed by atoms with Crippen molar-refractivity contribution >= 4 is 22.3 Å². The molecule has 0 radical (unpaired) electrons. The molecule has 7 nitrogen and oxygen atoms in total. The number of pyridine rings is 2. The fourth-order valence-corrected chi connectivity index (χ4v) is 2.54. The molecule has 24 heavy (non-hydrogen) atoms. The van der Waals surface area contributed by atoms with E-state index in [1.54, 1.807) is 0 Å². The smallest absolute Gasteiger partial charge is 0.323 e. The van der Waals surface area contributed by atoms with Gasteiger partial charge in [-0.15, -0.1) is 0 Å². The molecule has 0 aromatic carbocycles. The van der Waals surface area contributed by atoms with Gasteiger partial charge < -0.3 is 14.0 Å². The Bertz CT molecular complexity index is 1390. The Morgan fingerprint density at radius 3 is 3.04 bits per heavy atom. The molecule has 1 unspecified atom stereocenters. The lowest BCUT2D eigenvalue weighted by Gasteiger charge is -2.13. The molecule has 0 saturated carbocycles. The van der Waals surface area contributed by atoms with Crippen molar-refractivity contribution in [3.63, 3.8) is 0 Å². The molecule has 0 saturated heterocycles. The Balaban J connectivity index is 2.24. The van der Waals surface area contributed by atoms with Crippen LogP contribution in [0.3, 0.4) is 0 Å². The van der Waals surface area contributed by atoms with Gasteiger partial charge in [-0.3, -0.25) is 9.97 Å². The number of fused-ring (bicyclic) bond motifs is 1. The van der Waals surface area contributed by atoms with Gasteiger partial charge in [0, 0.05) is 42.7 Å².